The number of benzene rings is 3. The number of hydrogen-bond donors (Lipinski definition) is 2. The van der Waals surface area contributed by atoms with Crippen molar-refractivity contribution >= 4 is 31.7 Å². The summed E-state index contributed by atoms with van der Waals surface area (Å²) in [5.74, 6) is -2.76. The van der Waals surface area contributed by atoms with Gasteiger partial charge in [0, 0.05) is 5.56 Å². The van der Waals surface area contributed by atoms with Crippen LogP contribution in [0.4, 0.5) is 0 Å². The molecule has 0 radical (unpaired) electrons. The lowest BCUT2D eigenvalue weighted by Gasteiger charge is -2.16. The fraction of sp³-hybridized carbons (Fsp3) is 0. The van der Waals surface area contributed by atoms with Gasteiger partial charge in [-0.2, -0.15) is 0 Å². The summed E-state index contributed by atoms with van der Waals surface area (Å²) in [4.78, 5) is 23.9. The summed E-state index contributed by atoms with van der Waals surface area (Å²) in [5.41, 5.74) is 0.227. The van der Waals surface area contributed by atoms with E-state index in [0.717, 1.165) is 6.07 Å². The molecule has 3 rings (SSSR count). The van der Waals surface area contributed by atoms with Gasteiger partial charge < -0.3 is 10.2 Å². The highest BCUT2D eigenvalue weighted by Crippen LogP contribution is 2.41. The molecule has 0 unspecified atom stereocenters. The van der Waals surface area contributed by atoms with Gasteiger partial charge in [0.05, 0.1) is 14.7 Å². The number of rotatable bonds is 5. The van der Waals surface area contributed by atoms with Crippen molar-refractivity contribution < 1.29 is 25.9 Å². The summed E-state index contributed by atoms with van der Waals surface area (Å²) >= 11 is -4.35. The first kappa shape index (κ1) is 18.7. The van der Waals surface area contributed by atoms with Crippen molar-refractivity contribution in [1.82, 2.24) is 0 Å². The van der Waals surface area contributed by atoms with E-state index in [-0.39, 0.29) is 16.7 Å². The van der Waals surface area contributed by atoms with Crippen molar-refractivity contribution in [2.75, 3.05) is 0 Å². The highest BCUT2D eigenvalue weighted by molar-refractivity contribution is 14.2. The van der Waals surface area contributed by atoms with E-state index in [1.807, 2.05) is 0 Å². The van der Waals surface area contributed by atoms with E-state index in [9.17, 15) is 25.9 Å². The van der Waals surface area contributed by atoms with Gasteiger partial charge >= 0.3 is 31.7 Å². The fourth-order valence-corrected chi connectivity index (χ4v) is 4.80. The first-order valence-electron chi connectivity index (χ1n) is 7.75. The Balaban J connectivity index is 2.57. The second-order valence-corrected chi connectivity index (χ2v) is 7.91. The first-order valence-corrected chi connectivity index (χ1v) is 10.6. The quantitative estimate of drug-likeness (QED) is 0.513. The Bertz CT molecular complexity index is 1090. The van der Waals surface area contributed by atoms with Crippen molar-refractivity contribution in [3.63, 3.8) is 0 Å². The second-order valence-electron chi connectivity index (χ2n) is 5.60. The van der Waals surface area contributed by atoms with E-state index in [4.69, 9.17) is 0 Å². The molecule has 6 nitrogen and oxygen atoms in total. The molecule has 0 aliphatic carbocycles. The number of carboxylic acid groups (broad SMARTS) is 2. The molecule has 136 valence electrons. The molecule has 27 heavy (non-hydrogen) atoms. The van der Waals surface area contributed by atoms with Gasteiger partial charge in [0.2, 0.25) is 0 Å². The Labute approximate surface area is 161 Å². The molecule has 0 aromatic heterocycles. The molecule has 3 aromatic carbocycles. The van der Waals surface area contributed by atoms with Crippen LogP contribution in [-0.4, -0.2) is 22.2 Å². The SMILES string of the molecule is O=C(O)c1cc(-c2ccccc2)c(C(=O)O)c(-c2ccccc2)c1I(=O)=O. The minimum atomic E-state index is -4.35. The molecule has 0 spiro atoms. The van der Waals surface area contributed by atoms with Crippen LogP contribution in [0.2, 0.25) is 0 Å². The molecule has 0 atom stereocenters. The number of carbonyl (C=O) groups is 2. The second kappa shape index (κ2) is 7.67. The van der Waals surface area contributed by atoms with Crippen molar-refractivity contribution in [1.29, 1.82) is 0 Å². The van der Waals surface area contributed by atoms with E-state index in [0.29, 0.717) is 11.1 Å². The lowest BCUT2D eigenvalue weighted by Crippen LogP contribution is -2.10. The van der Waals surface area contributed by atoms with E-state index in [1.165, 1.54) is 0 Å². The van der Waals surface area contributed by atoms with Crippen molar-refractivity contribution in [2.45, 2.75) is 0 Å². The largest absolute Gasteiger partial charge is 0.478 e. The molecule has 0 aliphatic rings. The maximum absolute atomic E-state index is 12.1. The fourth-order valence-electron chi connectivity index (χ4n) is 2.92. The van der Waals surface area contributed by atoms with Gasteiger partial charge in [-0.1, -0.05) is 60.7 Å². The normalized spacial score (nSPS) is 10.7. The van der Waals surface area contributed by atoms with Crippen molar-refractivity contribution in [2.24, 2.45) is 0 Å². The number of carboxylic acids is 2. The third kappa shape index (κ3) is 3.59. The van der Waals surface area contributed by atoms with E-state index < -0.39 is 40.9 Å². The number of halogens is 1. The minimum Gasteiger partial charge on any atom is -0.478 e. The molecule has 7 heteroatoms. The molecule has 0 amide bonds. The van der Waals surface area contributed by atoms with E-state index in [1.54, 1.807) is 60.7 Å². The van der Waals surface area contributed by atoms with Gasteiger partial charge in [-0.25, -0.2) is 15.7 Å². The van der Waals surface area contributed by atoms with Gasteiger partial charge in [0.25, 0.3) is 0 Å². The molecule has 0 fully saturated rings. The predicted octanol–water partition coefficient (Wildman–Crippen LogP) is 4.78. The highest BCUT2D eigenvalue weighted by Gasteiger charge is 2.29. The lowest BCUT2D eigenvalue weighted by molar-refractivity contribution is 0.0681. The average Bonchev–Trinajstić information content (AvgIpc) is 2.67. The maximum Gasteiger partial charge on any atom is 0.342 e. The van der Waals surface area contributed by atoms with Crippen LogP contribution >= 0.6 is 19.8 Å². The van der Waals surface area contributed by atoms with Crippen LogP contribution in [-0.2, 0) is 6.14 Å². The van der Waals surface area contributed by atoms with Crippen LogP contribution in [0, 0.1) is 3.57 Å². The zero-order valence-corrected chi connectivity index (χ0v) is 15.9. The molecule has 3 aromatic rings. The first-order chi connectivity index (χ1) is 12.9. The third-order valence-electron chi connectivity index (χ3n) is 4.01. The van der Waals surface area contributed by atoms with Crippen molar-refractivity contribution in [3.8, 4) is 22.3 Å². The standard InChI is InChI=1S/C20H13IO6/c22-19(23)15-11-14(12-7-3-1-4-8-12)17(20(24)25)16(18(15)21(26)27)13-9-5-2-6-10-13/h1-11H,(H,22,23)(H,24,25). The Kier molecular flexibility index (Phi) is 5.31. The Morgan fingerprint density at radius 3 is 1.70 bits per heavy atom. The molecular formula is C20H13IO6. The topological polar surface area (TPSA) is 109 Å². The number of hydrogen-bond acceptors (Lipinski definition) is 4. The van der Waals surface area contributed by atoms with Gasteiger partial charge in [-0.05, 0) is 22.8 Å². The third-order valence-corrected chi connectivity index (χ3v) is 6.01. The Morgan fingerprint density at radius 2 is 1.26 bits per heavy atom. The summed E-state index contributed by atoms with van der Waals surface area (Å²) in [6.45, 7) is 0. The average molecular weight is 476 g/mol. The molecule has 0 saturated carbocycles. The molecular weight excluding hydrogens is 463 g/mol. The molecule has 0 saturated heterocycles. The van der Waals surface area contributed by atoms with E-state index >= 15 is 0 Å². The Morgan fingerprint density at radius 1 is 0.741 bits per heavy atom. The highest BCUT2D eigenvalue weighted by atomic mass is 127. The lowest BCUT2D eigenvalue weighted by atomic mass is 9.89. The number of aromatic carboxylic acids is 2. The summed E-state index contributed by atoms with van der Waals surface area (Å²) in [5, 5.41) is 19.5. The van der Waals surface area contributed by atoms with Crippen LogP contribution in [0.5, 0.6) is 0 Å². The van der Waals surface area contributed by atoms with Crippen molar-refractivity contribution in [3.05, 3.63) is 81.4 Å². The van der Waals surface area contributed by atoms with Crippen LogP contribution in [0.3, 0.4) is 0 Å². The summed E-state index contributed by atoms with van der Waals surface area (Å²) in [7, 11) is 0. The summed E-state index contributed by atoms with van der Waals surface area (Å²) < 4.78 is 23.6. The van der Waals surface area contributed by atoms with Crippen LogP contribution in [0.1, 0.15) is 20.7 Å². The molecule has 0 aliphatic heterocycles. The van der Waals surface area contributed by atoms with Gasteiger partial charge in [0.15, 0.2) is 0 Å². The predicted molar refractivity (Wildman–Crippen MR) is 105 cm³/mol. The summed E-state index contributed by atoms with van der Waals surface area (Å²) in [6.07, 6.45) is 0. The summed E-state index contributed by atoms with van der Waals surface area (Å²) in [6, 6.07) is 17.6. The van der Waals surface area contributed by atoms with Gasteiger partial charge in [0.1, 0.15) is 0 Å². The van der Waals surface area contributed by atoms with E-state index in [2.05, 4.69) is 0 Å². The zero-order chi connectivity index (χ0) is 19.6. The zero-order valence-electron chi connectivity index (χ0n) is 13.8. The Hall–Kier alpha value is -3.07. The molecule has 0 heterocycles. The molecule has 2 N–H and O–H groups in total. The van der Waals surface area contributed by atoms with Crippen LogP contribution in [0.25, 0.3) is 22.3 Å². The van der Waals surface area contributed by atoms with Crippen LogP contribution < -0.4 is 0 Å². The van der Waals surface area contributed by atoms with Gasteiger partial charge in [-0.3, -0.25) is 0 Å². The molecule has 0 bridgehead atoms. The van der Waals surface area contributed by atoms with Gasteiger partial charge in [-0.15, -0.1) is 0 Å². The minimum absolute atomic E-state index is 0.0861. The smallest absolute Gasteiger partial charge is 0.342 e. The van der Waals surface area contributed by atoms with Crippen LogP contribution in [0.15, 0.2) is 66.7 Å². The monoisotopic (exact) mass is 476 g/mol. The maximum atomic E-state index is 12.1.